The predicted octanol–water partition coefficient (Wildman–Crippen LogP) is 23.0. The zero-order valence-electron chi connectivity index (χ0n) is 93.7. The van der Waals surface area contributed by atoms with Crippen molar-refractivity contribution >= 4 is 27.0 Å². The maximum atomic E-state index is 11.9. The van der Waals surface area contributed by atoms with E-state index in [1.165, 1.54) is 58.3 Å². The van der Waals surface area contributed by atoms with Gasteiger partial charge >= 0.3 is 0 Å². The quantitative estimate of drug-likeness (QED) is 0.0824. The second kappa shape index (κ2) is 56.6. The van der Waals surface area contributed by atoms with Crippen molar-refractivity contribution in [1.82, 2.24) is 30.2 Å². The van der Waals surface area contributed by atoms with Gasteiger partial charge in [0.15, 0.2) is 9.84 Å². The second-order valence-corrected chi connectivity index (χ2v) is 48.4. The average Bonchev–Trinajstić information content (AvgIpc) is 1.63. The van der Waals surface area contributed by atoms with E-state index in [2.05, 4.69) is 230 Å². The van der Waals surface area contributed by atoms with Crippen molar-refractivity contribution in [2.75, 3.05) is 162 Å². The number of benzene rings is 2. The van der Waals surface area contributed by atoms with E-state index in [0.717, 1.165) is 124 Å². The number of nitrogens with zero attached hydrogens (tertiary/aromatic N) is 5. The molecule has 26 nitrogen and oxygen atoms in total. The molecule has 786 valence electrons. The van der Waals surface area contributed by atoms with Crippen molar-refractivity contribution in [3.8, 4) is 40.8 Å². The maximum absolute atomic E-state index is 11.9. The molecule has 6 aliphatic rings. The van der Waals surface area contributed by atoms with Crippen LogP contribution in [0.25, 0.3) is 5.57 Å². The Morgan fingerprint density at radius 2 is 1.00 bits per heavy atom. The topological polar surface area (TPSA) is 289 Å². The molecule has 138 heavy (non-hydrogen) atoms. The van der Waals surface area contributed by atoms with Gasteiger partial charge in [0.1, 0.15) is 35.9 Å². The highest BCUT2D eigenvalue weighted by Crippen LogP contribution is 2.51. The van der Waals surface area contributed by atoms with E-state index in [1.54, 1.807) is 82.2 Å². The molecule has 4 atom stereocenters. The van der Waals surface area contributed by atoms with Gasteiger partial charge in [-0.1, -0.05) is 226 Å². The number of H-pyrrole nitrogens is 1. The zero-order valence-corrected chi connectivity index (χ0v) is 94.5. The minimum absolute atomic E-state index is 0.0104. The lowest BCUT2D eigenvalue weighted by molar-refractivity contribution is -0.125. The molecule has 5 aromatic rings. The van der Waals surface area contributed by atoms with E-state index in [-0.39, 0.29) is 72.9 Å². The number of aromatic nitrogens is 5. The maximum Gasteiger partial charge on any atom is 0.258 e. The molecular formula is C111H187N7O19S. The van der Waals surface area contributed by atoms with E-state index in [0.29, 0.717) is 83.5 Å². The Kier molecular flexibility index (Phi) is 51.7. The third-order valence-electron chi connectivity index (χ3n) is 24.9. The summed E-state index contributed by atoms with van der Waals surface area (Å²) in [5.41, 5.74) is 10.9. The molecule has 2 aliphatic carbocycles. The summed E-state index contributed by atoms with van der Waals surface area (Å²) in [6, 6.07) is 13.9. The Balaban J connectivity index is 0.000000523. The number of carbonyl (C=O) groups excluding carboxylic acids is 1. The van der Waals surface area contributed by atoms with Crippen LogP contribution in [0, 0.1) is 56.7 Å². The molecule has 2 saturated heterocycles. The number of methoxy groups -OCH3 is 13. The number of morpholine rings is 1. The van der Waals surface area contributed by atoms with Gasteiger partial charge in [0.2, 0.25) is 23.5 Å². The van der Waals surface area contributed by atoms with Crippen LogP contribution in [0.3, 0.4) is 0 Å². The van der Waals surface area contributed by atoms with Crippen LogP contribution in [0.1, 0.15) is 286 Å². The fourth-order valence-electron chi connectivity index (χ4n) is 17.1. The standard InChI is InChI=1S/C16H22O3S.C15H21NO3.C12H24O2.C11H17NO2.C11H17NO.C10H16N2O2.C9H14N2O2.C9H20O2.2C9H18O/c1-16(2,3)14-11-13(5-6-15(14)19-4)12-7-9-20(17,18)10-8-12;1-15(2,3)12-9-11(5-6-13(12)18-4)16-7-8-19-10-14(16)17;1-12(2,3)11-9(13-4)7-6-8-10(11)14-5;1-11(2,3)9-8(13-4)6-7-12-10(9)14-5;1-8-10(11(2,3)4)9(13-5)6-7-12-8;1-10(2,3)7-8(13-4)11-6-12-9(7)14-5;1-9(2,3)6-7(12)10-5-11-8(6)13-4;1-9(2,3)8(6-10-4)7-11-5;1-9(2,3)8-5-7(8)6-10-4;1-9(2,3)8-4-6-10-7-5-8/h5-7,11H,8-10H2,1-4H3;5-6,9H,7-8,10H2,1-4H3;9-11H,6-8H2,1-5H3;6-7H,1-5H3;6-7,12H,1H2,2-5H3;6H,1-5H3;5H,1-4H3,(H,10,11,12);8H,6-7H2,1-5H3;7-8H,5-6H2,1-4H3;8H,4-7H2,1-3H3. The van der Waals surface area contributed by atoms with Crippen LogP contribution >= 0.6 is 0 Å². The van der Waals surface area contributed by atoms with E-state index >= 15 is 0 Å². The van der Waals surface area contributed by atoms with Crippen molar-refractivity contribution in [3.05, 3.63) is 147 Å². The summed E-state index contributed by atoms with van der Waals surface area (Å²) in [6.07, 6.45) is 18.9. The van der Waals surface area contributed by atoms with Crippen LogP contribution in [0.5, 0.6) is 40.8 Å². The molecule has 3 aromatic heterocycles. The fourth-order valence-corrected chi connectivity index (χ4v) is 18.3. The number of carbonyl (C=O) groups is 1. The first kappa shape index (κ1) is 126. The number of dihydropyridines is 1. The van der Waals surface area contributed by atoms with Crippen molar-refractivity contribution in [3.63, 3.8) is 0 Å². The number of hydrogen-bond acceptors (Lipinski definition) is 24. The van der Waals surface area contributed by atoms with Gasteiger partial charge in [0.25, 0.3) is 11.5 Å². The van der Waals surface area contributed by atoms with Crippen LogP contribution in [-0.4, -0.2) is 208 Å². The monoisotopic (exact) mass is 1950 g/mol. The number of hydrogen-bond donors (Lipinski definition) is 2. The minimum Gasteiger partial charge on any atom is -0.496 e. The molecule has 2 aromatic carbocycles. The van der Waals surface area contributed by atoms with E-state index in [1.807, 2.05) is 89.7 Å². The molecule has 4 unspecified atom stereocenters. The normalized spacial score (nSPS) is 18.5. The molecule has 11 rings (SSSR count). The number of allylic oxidation sites excluding steroid dienone is 3. The Morgan fingerprint density at radius 3 is 1.38 bits per heavy atom. The highest BCUT2D eigenvalue weighted by atomic mass is 32.2. The molecule has 4 aliphatic heterocycles. The van der Waals surface area contributed by atoms with Crippen molar-refractivity contribution in [1.29, 1.82) is 0 Å². The van der Waals surface area contributed by atoms with Gasteiger partial charge in [0, 0.05) is 114 Å². The molecule has 2 saturated carbocycles. The fraction of sp³-hybridized carbons (Fsp3) is 0.694. The van der Waals surface area contributed by atoms with Gasteiger partial charge in [-0.25, -0.2) is 28.4 Å². The zero-order chi connectivity index (χ0) is 106. The van der Waals surface area contributed by atoms with Crippen LogP contribution in [-0.2, 0) is 79.6 Å². The summed E-state index contributed by atoms with van der Waals surface area (Å²) in [4.78, 5) is 43.9. The summed E-state index contributed by atoms with van der Waals surface area (Å²) in [5.74, 6) is 9.69. The SMILES string of the molecule is C=C1NC=CC(OC)=C1C(C)(C)C.CC(C)(C)C1CCOCC1.COC1CCCC(OC)C1C(C)(C)C.COCC(COC)C(C)(C)C.COCC1CC1C(C)(C)C.COc1ccc(C2=CCS(=O)(=O)CC2)cc1C(C)(C)C.COc1ccc(N2CCOCC2=O)cc1C(C)(C)C.COc1ccnc(OC)c1C(C)(C)C.COc1nc[nH]c(=O)c1C(C)(C)C.COc1ncnc(OC)c1C(C)(C)C. The Morgan fingerprint density at radius 1 is 0.507 bits per heavy atom. The lowest BCUT2D eigenvalue weighted by Gasteiger charge is -2.44. The summed E-state index contributed by atoms with van der Waals surface area (Å²) < 4.78 is 102. The number of nitrogens with one attached hydrogen (secondary N) is 2. The van der Waals surface area contributed by atoms with Gasteiger partial charge < -0.3 is 86.3 Å². The van der Waals surface area contributed by atoms with Gasteiger partial charge in [-0.15, -0.1) is 0 Å². The number of ether oxygens (including phenoxy) is 15. The van der Waals surface area contributed by atoms with Gasteiger partial charge in [0.05, 0.1) is 123 Å². The van der Waals surface area contributed by atoms with Crippen LogP contribution in [0.4, 0.5) is 5.69 Å². The summed E-state index contributed by atoms with van der Waals surface area (Å²) >= 11 is 0. The van der Waals surface area contributed by atoms with E-state index in [4.69, 9.17) is 71.1 Å². The number of pyridine rings is 1. The molecule has 2 N–H and O–H groups in total. The number of aromatic amines is 1. The Labute approximate surface area is 834 Å². The van der Waals surface area contributed by atoms with Crippen molar-refractivity contribution < 1.29 is 84.3 Å². The molecule has 4 fully saturated rings. The molecule has 0 bridgehead atoms. The number of amides is 1. The molecule has 27 heteroatoms. The van der Waals surface area contributed by atoms with Crippen LogP contribution in [0.2, 0.25) is 0 Å². The average molecular weight is 1960 g/mol. The van der Waals surface area contributed by atoms with E-state index in [9.17, 15) is 18.0 Å². The van der Waals surface area contributed by atoms with Crippen LogP contribution in [0.15, 0.2) is 108 Å². The first-order chi connectivity index (χ1) is 63.8. The summed E-state index contributed by atoms with van der Waals surface area (Å²) in [7, 11) is 19.0. The van der Waals surface area contributed by atoms with Crippen LogP contribution < -0.4 is 48.9 Å². The predicted molar refractivity (Wildman–Crippen MR) is 564 cm³/mol. The highest BCUT2D eigenvalue weighted by Gasteiger charge is 2.45. The van der Waals surface area contributed by atoms with Gasteiger partial charge in [-0.2, -0.15) is 0 Å². The van der Waals surface area contributed by atoms with Crippen molar-refractivity contribution in [2.24, 2.45) is 56.7 Å². The number of sulfone groups is 1. The largest absolute Gasteiger partial charge is 0.496 e. The lowest BCUT2D eigenvalue weighted by Crippen LogP contribution is -2.45. The third kappa shape index (κ3) is 41.8. The Bertz CT molecular complexity index is 4600. The summed E-state index contributed by atoms with van der Waals surface area (Å²) in [5, 5.41) is 3.09. The summed E-state index contributed by atoms with van der Waals surface area (Å²) in [6.45, 7) is 74.8. The number of anilines is 1. The first-order valence-electron chi connectivity index (χ1n) is 48.6. The molecular weight excluding hydrogens is 1770 g/mol. The van der Waals surface area contributed by atoms with Gasteiger partial charge in [-0.05, 0) is 170 Å². The third-order valence-corrected chi connectivity index (χ3v) is 26.4. The molecule has 1 amide bonds. The van der Waals surface area contributed by atoms with E-state index < -0.39 is 9.84 Å². The highest BCUT2D eigenvalue weighted by molar-refractivity contribution is 7.91. The first-order valence-corrected chi connectivity index (χ1v) is 50.4. The van der Waals surface area contributed by atoms with Crippen molar-refractivity contribution in [2.45, 2.75) is 292 Å². The minimum atomic E-state index is -2.88. The molecule has 0 spiro atoms. The number of rotatable bonds is 18. The smallest absolute Gasteiger partial charge is 0.258 e. The lowest BCUT2D eigenvalue weighted by atomic mass is 9.69. The second-order valence-electron chi connectivity index (χ2n) is 46.2. The Hall–Kier alpha value is -8.15. The molecule has 7 heterocycles. The van der Waals surface area contributed by atoms with Gasteiger partial charge in [-0.3, -0.25) is 9.59 Å². The molecule has 0 radical (unpaired) electrons.